The van der Waals surface area contributed by atoms with Crippen molar-refractivity contribution in [2.75, 3.05) is 18.0 Å². The van der Waals surface area contributed by atoms with E-state index in [2.05, 4.69) is 51.9 Å². The lowest BCUT2D eigenvalue weighted by molar-refractivity contribution is 0.0954. The number of hydrogen-bond donors (Lipinski definition) is 2. The van der Waals surface area contributed by atoms with Crippen LogP contribution in [0.25, 0.3) is 0 Å². The molecule has 6 heteroatoms. The van der Waals surface area contributed by atoms with Gasteiger partial charge in [0.15, 0.2) is 0 Å². The van der Waals surface area contributed by atoms with Crippen LogP contribution in [0.5, 0.6) is 5.75 Å². The van der Waals surface area contributed by atoms with Gasteiger partial charge in [-0.3, -0.25) is 4.79 Å². The van der Waals surface area contributed by atoms with Gasteiger partial charge < -0.3 is 10.0 Å². The van der Waals surface area contributed by atoms with Crippen molar-refractivity contribution in [1.29, 1.82) is 0 Å². The second kappa shape index (κ2) is 8.68. The molecular formula is C18H20IN3O2. The molecule has 0 spiro atoms. The minimum Gasteiger partial charge on any atom is -0.507 e. The molecule has 0 fully saturated rings. The molecule has 0 bridgehead atoms. The minimum absolute atomic E-state index is 0.131. The van der Waals surface area contributed by atoms with E-state index in [4.69, 9.17) is 0 Å². The number of rotatable bonds is 6. The van der Waals surface area contributed by atoms with Gasteiger partial charge in [-0.15, -0.1) is 0 Å². The van der Waals surface area contributed by atoms with E-state index in [1.165, 1.54) is 6.21 Å². The van der Waals surface area contributed by atoms with Crippen LogP contribution in [0.15, 0.2) is 47.6 Å². The van der Waals surface area contributed by atoms with Gasteiger partial charge in [0.1, 0.15) is 5.75 Å². The Kier molecular flexibility index (Phi) is 6.60. The van der Waals surface area contributed by atoms with E-state index >= 15 is 0 Å². The van der Waals surface area contributed by atoms with Crippen LogP contribution in [0.2, 0.25) is 0 Å². The molecule has 1 amide bonds. The zero-order valence-electron chi connectivity index (χ0n) is 13.7. The van der Waals surface area contributed by atoms with Crippen LogP contribution in [0, 0.1) is 3.57 Å². The summed E-state index contributed by atoms with van der Waals surface area (Å²) in [6, 6.07) is 12.7. The van der Waals surface area contributed by atoms with E-state index in [1.807, 2.05) is 18.2 Å². The van der Waals surface area contributed by atoms with E-state index in [-0.39, 0.29) is 11.7 Å². The molecule has 0 aromatic heterocycles. The Bertz CT molecular complexity index is 743. The van der Waals surface area contributed by atoms with Crippen molar-refractivity contribution in [2.45, 2.75) is 13.8 Å². The maximum Gasteiger partial charge on any atom is 0.272 e. The Hall–Kier alpha value is -2.09. The van der Waals surface area contributed by atoms with Crippen molar-refractivity contribution in [2.24, 2.45) is 5.10 Å². The number of anilines is 1. The van der Waals surface area contributed by atoms with Gasteiger partial charge in [0.05, 0.1) is 11.8 Å². The lowest BCUT2D eigenvalue weighted by atomic mass is 10.2. The van der Waals surface area contributed by atoms with E-state index in [0.717, 1.165) is 22.3 Å². The van der Waals surface area contributed by atoms with E-state index in [0.29, 0.717) is 11.1 Å². The largest absolute Gasteiger partial charge is 0.507 e. The topological polar surface area (TPSA) is 64.9 Å². The van der Waals surface area contributed by atoms with Crippen LogP contribution in [0.1, 0.15) is 29.8 Å². The number of aromatic hydroxyl groups is 1. The van der Waals surface area contributed by atoms with Crippen molar-refractivity contribution < 1.29 is 9.90 Å². The van der Waals surface area contributed by atoms with Crippen LogP contribution in [0.4, 0.5) is 5.69 Å². The summed E-state index contributed by atoms with van der Waals surface area (Å²) < 4.78 is 0.856. The Morgan fingerprint density at radius 3 is 2.58 bits per heavy atom. The molecule has 0 aliphatic rings. The van der Waals surface area contributed by atoms with E-state index in [1.54, 1.807) is 24.3 Å². The van der Waals surface area contributed by atoms with Gasteiger partial charge in [-0.2, -0.15) is 5.10 Å². The molecule has 0 heterocycles. The zero-order valence-corrected chi connectivity index (χ0v) is 15.8. The van der Waals surface area contributed by atoms with Gasteiger partial charge in [0.25, 0.3) is 5.91 Å². The number of carbonyl (C=O) groups excluding carboxylic acids is 1. The molecule has 24 heavy (non-hydrogen) atoms. The quantitative estimate of drug-likeness (QED) is 0.413. The SMILES string of the molecule is CCN(CC)c1ccc(/C=N/NC(=O)c2ccccc2I)c(O)c1. The molecule has 0 aliphatic carbocycles. The maximum atomic E-state index is 12.1. The molecule has 0 saturated heterocycles. The summed E-state index contributed by atoms with van der Waals surface area (Å²) in [6.45, 7) is 5.87. The van der Waals surface area contributed by atoms with Gasteiger partial charge in [0.2, 0.25) is 0 Å². The summed E-state index contributed by atoms with van der Waals surface area (Å²) in [5.41, 5.74) is 4.55. The predicted molar refractivity (Wildman–Crippen MR) is 106 cm³/mol. The Labute approximate surface area is 155 Å². The average molecular weight is 437 g/mol. The third-order valence-corrected chi connectivity index (χ3v) is 4.57. The monoisotopic (exact) mass is 437 g/mol. The number of hydrogen-bond acceptors (Lipinski definition) is 4. The molecular weight excluding hydrogens is 417 g/mol. The number of nitrogens with zero attached hydrogens (tertiary/aromatic N) is 2. The Morgan fingerprint density at radius 1 is 1.25 bits per heavy atom. The first-order chi connectivity index (χ1) is 11.6. The van der Waals surface area contributed by atoms with Crippen molar-refractivity contribution in [3.63, 3.8) is 0 Å². The minimum atomic E-state index is -0.282. The number of halogens is 1. The standard InChI is InChI=1S/C18H20IN3O2/c1-3-22(4-2)14-10-9-13(17(23)11-14)12-20-21-18(24)15-7-5-6-8-16(15)19/h5-12,23H,3-4H2,1-2H3,(H,21,24)/b20-12+. The van der Waals surface area contributed by atoms with Gasteiger partial charge >= 0.3 is 0 Å². The highest BCUT2D eigenvalue weighted by molar-refractivity contribution is 14.1. The number of hydrazone groups is 1. The molecule has 2 N–H and O–H groups in total. The van der Waals surface area contributed by atoms with Crippen LogP contribution in [0.3, 0.4) is 0 Å². The van der Waals surface area contributed by atoms with Crippen molar-refractivity contribution in [3.8, 4) is 5.75 Å². The number of nitrogens with one attached hydrogen (secondary N) is 1. The normalized spacial score (nSPS) is 10.8. The summed E-state index contributed by atoms with van der Waals surface area (Å²) in [4.78, 5) is 14.2. The van der Waals surface area contributed by atoms with Crippen LogP contribution in [-0.2, 0) is 0 Å². The highest BCUT2D eigenvalue weighted by Crippen LogP contribution is 2.23. The smallest absolute Gasteiger partial charge is 0.272 e. The number of amides is 1. The van der Waals surface area contributed by atoms with E-state index < -0.39 is 0 Å². The van der Waals surface area contributed by atoms with Gasteiger partial charge in [-0.1, -0.05) is 12.1 Å². The first kappa shape index (κ1) is 18.3. The van der Waals surface area contributed by atoms with Crippen molar-refractivity contribution in [1.82, 2.24) is 5.43 Å². The average Bonchev–Trinajstić information content (AvgIpc) is 2.58. The summed E-state index contributed by atoms with van der Waals surface area (Å²) in [7, 11) is 0. The molecule has 0 aliphatic heterocycles. The third kappa shape index (κ3) is 4.47. The summed E-state index contributed by atoms with van der Waals surface area (Å²) >= 11 is 2.10. The molecule has 5 nitrogen and oxygen atoms in total. The maximum absolute atomic E-state index is 12.1. The summed E-state index contributed by atoms with van der Waals surface area (Å²) in [5.74, 6) is -0.151. The number of benzene rings is 2. The first-order valence-electron chi connectivity index (χ1n) is 7.72. The highest BCUT2D eigenvalue weighted by Gasteiger charge is 2.08. The number of phenolic OH excluding ortho intramolecular Hbond substituents is 1. The molecule has 0 radical (unpaired) electrons. The van der Waals surface area contributed by atoms with Gasteiger partial charge in [-0.25, -0.2) is 5.43 Å². The molecule has 126 valence electrons. The summed E-state index contributed by atoms with van der Waals surface area (Å²) in [6.07, 6.45) is 1.44. The van der Waals surface area contributed by atoms with Crippen molar-refractivity contribution in [3.05, 3.63) is 57.2 Å². The lowest BCUT2D eigenvalue weighted by Gasteiger charge is -2.21. The second-order valence-corrected chi connectivity index (χ2v) is 6.26. The Morgan fingerprint density at radius 2 is 1.96 bits per heavy atom. The molecule has 0 unspecified atom stereocenters. The molecule has 2 rings (SSSR count). The third-order valence-electron chi connectivity index (χ3n) is 3.63. The van der Waals surface area contributed by atoms with Crippen LogP contribution < -0.4 is 10.3 Å². The van der Waals surface area contributed by atoms with Crippen LogP contribution in [-0.4, -0.2) is 30.3 Å². The number of carbonyl (C=O) groups is 1. The molecule has 2 aromatic rings. The fourth-order valence-corrected chi connectivity index (χ4v) is 2.93. The van der Waals surface area contributed by atoms with Gasteiger partial charge in [0, 0.05) is 34.0 Å². The predicted octanol–water partition coefficient (Wildman–Crippen LogP) is 3.61. The van der Waals surface area contributed by atoms with Gasteiger partial charge in [-0.05, 0) is 60.7 Å². The fourth-order valence-electron chi connectivity index (χ4n) is 2.29. The van der Waals surface area contributed by atoms with Crippen LogP contribution >= 0.6 is 22.6 Å². The highest BCUT2D eigenvalue weighted by atomic mass is 127. The Balaban J connectivity index is 2.07. The molecule has 0 saturated carbocycles. The first-order valence-corrected chi connectivity index (χ1v) is 8.80. The fraction of sp³-hybridized carbons (Fsp3) is 0.222. The summed E-state index contributed by atoms with van der Waals surface area (Å²) in [5, 5.41) is 14.1. The number of phenols is 1. The van der Waals surface area contributed by atoms with E-state index in [9.17, 15) is 9.90 Å². The molecule has 2 aromatic carbocycles. The molecule has 0 atom stereocenters. The van der Waals surface area contributed by atoms with Crippen molar-refractivity contribution >= 4 is 40.4 Å². The zero-order chi connectivity index (χ0) is 17.5. The second-order valence-electron chi connectivity index (χ2n) is 5.09. The lowest BCUT2D eigenvalue weighted by Crippen LogP contribution is -2.21.